The lowest BCUT2D eigenvalue weighted by Gasteiger charge is -2.21. The highest BCUT2D eigenvalue weighted by atomic mass is 31.2. The van der Waals surface area contributed by atoms with Gasteiger partial charge in [-0.1, -0.05) is 376 Å². The molecule has 17 nitrogen and oxygen atoms in total. The lowest BCUT2D eigenvalue weighted by molar-refractivity contribution is -0.161. The molecule has 0 aromatic rings. The molecule has 3 N–H and O–H groups in total. The molecule has 0 aliphatic carbocycles. The molecule has 0 radical (unpaired) electrons. The van der Waals surface area contributed by atoms with Crippen LogP contribution >= 0.6 is 15.6 Å². The van der Waals surface area contributed by atoms with E-state index in [1.165, 1.54) is 238 Å². The molecular weight excluding hydrogens is 1320 g/mol. The van der Waals surface area contributed by atoms with Crippen molar-refractivity contribution in [1.29, 1.82) is 0 Å². The van der Waals surface area contributed by atoms with Gasteiger partial charge in [0.05, 0.1) is 26.4 Å². The number of unbranched alkanes of at least 4 members (excludes halogenated alkanes) is 47. The lowest BCUT2D eigenvalue weighted by Crippen LogP contribution is -2.30. The Morgan fingerprint density at radius 3 is 0.752 bits per heavy atom. The molecule has 101 heavy (non-hydrogen) atoms. The number of esters is 4. The number of aliphatic hydroxyl groups excluding tert-OH is 1. The Labute approximate surface area is 619 Å². The van der Waals surface area contributed by atoms with E-state index in [2.05, 4.69) is 48.5 Å². The summed E-state index contributed by atoms with van der Waals surface area (Å²) >= 11 is 0. The van der Waals surface area contributed by atoms with Crippen LogP contribution in [0.4, 0.5) is 0 Å². The second-order valence-electron chi connectivity index (χ2n) is 30.7. The van der Waals surface area contributed by atoms with Crippen molar-refractivity contribution in [3.8, 4) is 0 Å². The monoisotopic (exact) mass is 1480 g/mol. The molecule has 0 aliphatic rings. The third kappa shape index (κ3) is 74.7. The standard InChI is InChI=1S/C82H160O17P2/c1-8-10-11-12-13-14-15-16-17-18-19-20-23-27-30-35-44-51-58-65-81(86)98-77(69-92-79(84)63-56-49-42-34-29-26-24-21-22-25-28-32-39-46-53-60-73(3)4)71-96-100(88,89)94-67-76(83)68-95-101(90,91)97-72-78(99-82(87)66-59-52-45-36-31-33-40-47-54-61-74(5)6)70-93-80(85)64-57-50-43-38-37-41-48-55-62-75(7)9-2/h73-78,83H,8-72H2,1-7H3,(H,88,89)(H,90,91)/t75?,76-,77-,78-/m1/s1. The summed E-state index contributed by atoms with van der Waals surface area (Å²) in [6.07, 6.45) is 61.1. The molecule has 0 aromatic heterocycles. The summed E-state index contributed by atoms with van der Waals surface area (Å²) in [5.41, 5.74) is 0. The number of phosphoric ester groups is 2. The Kier molecular flexibility index (Phi) is 70.9. The quantitative estimate of drug-likeness (QED) is 0.0222. The van der Waals surface area contributed by atoms with Crippen molar-refractivity contribution in [2.24, 2.45) is 17.8 Å². The maximum atomic E-state index is 13.1. The average Bonchev–Trinajstić information content (AvgIpc) is 0.961. The molecule has 0 rings (SSSR count). The van der Waals surface area contributed by atoms with Crippen molar-refractivity contribution >= 4 is 39.5 Å². The molecule has 600 valence electrons. The lowest BCUT2D eigenvalue weighted by atomic mass is 9.99. The van der Waals surface area contributed by atoms with Crippen molar-refractivity contribution in [3.63, 3.8) is 0 Å². The third-order valence-corrected chi connectivity index (χ3v) is 21.4. The summed E-state index contributed by atoms with van der Waals surface area (Å²) in [5, 5.41) is 10.6. The topological polar surface area (TPSA) is 237 Å². The Morgan fingerprint density at radius 1 is 0.287 bits per heavy atom. The predicted octanol–water partition coefficient (Wildman–Crippen LogP) is 24.5. The van der Waals surface area contributed by atoms with Gasteiger partial charge in [0.15, 0.2) is 12.2 Å². The average molecular weight is 1480 g/mol. The van der Waals surface area contributed by atoms with Crippen LogP contribution in [-0.2, 0) is 65.4 Å². The molecule has 19 heteroatoms. The Bertz CT molecular complexity index is 1960. The van der Waals surface area contributed by atoms with E-state index in [0.29, 0.717) is 25.7 Å². The minimum absolute atomic E-state index is 0.105. The summed E-state index contributed by atoms with van der Waals surface area (Å²) < 4.78 is 68.8. The van der Waals surface area contributed by atoms with Crippen molar-refractivity contribution in [3.05, 3.63) is 0 Å². The molecule has 0 spiro atoms. The van der Waals surface area contributed by atoms with Gasteiger partial charge in [0.1, 0.15) is 19.3 Å². The van der Waals surface area contributed by atoms with Crippen LogP contribution in [0.15, 0.2) is 0 Å². The van der Waals surface area contributed by atoms with E-state index in [1.807, 2.05) is 0 Å². The van der Waals surface area contributed by atoms with E-state index in [-0.39, 0.29) is 25.7 Å². The van der Waals surface area contributed by atoms with Gasteiger partial charge in [-0.05, 0) is 43.4 Å². The summed E-state index contributed by atoms with van der Waals surface area (Å²) in [6, 6.07) is 0. The van der Waals surface area contributed by atoms with Crippen LogP contribution in [-0.4, -0.2) is 96.7 Å². The number of rotatable bonds is 80. The van der Waals surface area contributed by atoms with Crippen LogP contribution in [0.5, 0.6) is 0 Å². The van der Waals surface area contributed by atoms with E-state index in [0.717, 1.165) is 108 Å². The smallest absolute Gasteiger partial charge is 0.462 e. The SMILES string of the molecule is CCCCCCCCCCCCCCCCCCCCCC(=O)O[C@H](COC(=O)CCCCCCCCCCCCCCCCCC(C)C)COP(=O)(O)OC[C@@H](O)COP(=O)(O)OC[C@@H](COC(=O)CCCCCCCCCCC(C)CC)OC(=O)CCCCCCCCCCCC(C)C. The van der Waals surface area contributed by atoms with Gasteiger partial charge in [0, 0.05) is 25.7 Å². The van der Waals surface area contributed by atoms with E-state index in [1.54, 1.807) is 0 Å². The van der Waals surface area contributed by atoms with Crippen LogP contribution < -0.4 is 0 Å². The maximum absolute atomic E-state index is 13.1. The Hall–Kier alpha value is -1.94. The highest BCUT2D eigenvalue weighted by molar-refractivity contribution is 7.47. The molecule has 0 saturated heterocycles. The number of hydrogen-bond donors (Lipinski definition) is 3. The summed E-state index contributed by atoms with van der Waals surface area (Å²) in [7, 11) is -9.92. The first-order valence-corrected chi connectivity index (χ1v) is 45.4. The van der Waals surface area contributed by atoms with Gasteiger partial charge in [-0.2, -0.15) is 0 Å². The first-order valence-electron chi connectivity index (χ1n) is 42.4. The predicted molar refractivity (Wildman–Crippen MR) is 414 cm³/mol. The fraction of sp³-hybridized carbons (Fsp3) is 0.951. The Balaban J connectivity index is 5.25. The highest BCUT2D eigenvalue weighted by Gasteiger charge is 2.30. The molecule has 0 aliphatic heterocycles. The molecule has 6 atom stereocenters. The van der Waals surface area contributed by atoms with Crippen molar-refractivity contribution in [2.75, 3.05) is 39.6 Å². The van der Waals surface area contributed by atoms with Crippen LogP contribution in [0.2, 0.25) is 0 Å². The fourth-order valence-corrected chi connectivity index (χ4v) is 14.2. The second kappa shape index (κ2) is 72.3. The number of aliphatic hydroxyl groups is 1. The summed E-state index contributed by atoms with van der Waals surface area (Å²) in [4.78, 5) is 73.1. The van der Waals surface area contributed by atoms with Crippen LogP contribution in [0, 0.1) is 17.8 Å². The van der Waals surface area contributed by atoms with Crippen molar-refractivity contribution in [2.45, 2.75) is 446 Å². The Morgan fingerprint density at radius 2 is 0.505 bits per heavy atom. The van der Waals surface area contributed by atoms with Crippen LogP contribution in [0.3, 0.4) is 0 Å². The molecule has 0 saturated carbocycles. The van der Waals surface area contributed by atoms with Gasteiger partial charge in [0.2, 0.25) is 0 Å². The minimum atomic E-state index is -4.96. The van der Waals surface area contributed by atoms with E-state index in [4.69, 9.17) is 37.0 Å². The minimum Gasteiger partial charge on any atom is -0.462 e. The van der Waals surface area contributed by atoms with Gasteiger partial charge in [-0.15, -0.1) is 0 Å². The molecule has 3 unspecified atom stereocenters. The number of phosphoric acid groups is 2. The first-order chi connectivity index (χ1) is 48.8. The molecule has 0 heterocycles. The molecule has 0 bridgehead atoms. The number of ether oxygens (including phenoxy) is 4. The van der Waals surface area contributed by atoms with E-state index < -0.39 is 97.5 Å². The molecule has 0 amide bonds. The van der Waals surface area contributed by atoms with Crippen molar-refractivity contribution < 1.29 is 80.2 Å². The third-order valence-electron chi connectivity index (χ3n) is 19.5. The number of carbonyl (C=O) groups excluding carboxylic acids is 4. The van der Waals surface area contributed by atoms with E-state index in [9.17, 15) is 43.2 Å². The van der Waals surface area contributed by atoms with Crippen LogP contribution in [0.1, 0.15) is 427 Å². The van der Waals surface area contributed by atoms with Gasteiger partial charge >= 0.3 is 39.5 Å². The molecule has 0 fully saturated rings. The van der Waals surface area contributed by atoms with Gasteiger partial charge in [0.25, 0.3) is 0 Å². The van der Waals surface area contributed by atoms with E-state index >= 15 is 0 Å². The van der Waals surface area contributed by atoms with Crippen molar-refractivity contribution in [1.82, 2.24) is 0 Å². The number of hydrogen-bond acceptors (Lipinski definition) is 15. The van der Waals surface area contributed by atoms with Gasteiger partial charge in [-0.25, -0.2) is 9.13 Å². The first kappa shape index (κ1) is 99.1. The summed E-state index contributed by atoms with van der Waals surface area (Å²) in [6.45, 7) is 12.0. The zero-order valence-electron chi connectivity index (χ0n) is 66.4. The molecule has 0 aromatic carbocycles. The fourth-order valence-electron chi connectivity index (χ4n) is 12.6. The summed E-state index contributed by atoms with van der Waals surface area (Å²) in [5.74, 6) is 0.210. The maximum Gasteiger partial charge on any atom is 0.472 e. The van der Waals surface area contributed by atoms with Gasteiger partial charge < -0.3 is 33.8 Å². The highest BCUT2D eigenvalue weighted by Crippen LogP contribution is 2.45. The second-order valence-corrected chi connectivity index (χ2v) is 33.6. The molecular formula is C82H160O17P2. The zero-order valence-corrected chi connectivity index (χ0v) is 68.2. The largest absolute Gasteiger partial charge is 0.472 e. The zero-order chi connectivity index (χ0) is 74.4. The number of carbonyl (C=O) groups is 4. The normalized spacial score (nSPS) is 14.2. The van der Waals surface area contributed by atoms with Gasteiger partial charge in [-0.3, -0.25) is 37.3 Å². The van der Waals surface area contributed by atoms with Crippen LogP contribution in [0.25, 0.3) is 0 Å².